The fourth-order valence-electron chi connectivity index (χ4n) is 2.79. The van der Waals surface area contributed by atoms with Crippen LogP contribution in [0, 0.1) is 22.0 Å². The van der Waals surface area contributed by atoms with E-state index < -0.39 is 22.4 Å². The first-order valence-corrected chi connectivity index (χ1v) is 7.04. The van der Waals surface area contributed by atoms with Gasteiger partial charge in [-0.1, -0.05) is 6.92 Å². The Morgan fingerprint density at radius 2 is 2.14 bits per heavy atom. The van der Waals surface area contributed by atoms with E-state index in [2.05, 4.69) is 6.92 Å². The van der Waals surface area contributed by atoms with Crippen molar-refractivity contribution in [2.45, 2.75) is 19.5 Å². The number of benzene rings is 1. The summed E-state index contributed by atoms with van der Waals surface area (Å²) in [6.45, 7) is 3.61. The number of nitro groups is 1. The first-order valence-electron chi connectivity index (χ1n) is 7.04. The molecule has 8 heteroatoms. The van der Waals surface area contributed by atoms with Gasteiger partial charge in [-0.3, -0.25) is 10.1 Å². The molecule has 122 valence electrons. The number of nitrogens with two attached hydrogens (primary N) is 1. The van der Waals surface area contributed by atoms with Gasteiger partial charge in [0.05, 0.1) is 10.5 Å². The Labute approximate surface area is 126 Å². The topological polar surface area (TPSA) is 72.4 Å². The smallest absolute Gasteiger partial charge is 0.366 e. The molecule has 0 aliphatic carbocycles. The third kappa shape index (κ3) is 3.32. The average Bonchev–Trinajstić information content (AvgIpc) is 2.46. The molecule has 22 heavy (non-hydrogen) atoms. The van der Waals surface area contributed by atoms with Crippen molar-refractivity contribution in [1.29, 1.82) is 0 Å². The number of nitrogens with zero attached hydrogens (tertiary/aromatic N) is 2. The van der Waals surface area contributed by atoms with Gasteiger partial charge in [0.2, 0.25) is 0 Å². The fraction of sp³-hybridized carbons (Fsp3) is 0.571. The Balaban J connectivity index is 2.36. The van der Waals surface area contributed by atoms with Crippen LogP contribution in [0.5, 0.6) is 0 Å². The molecule has 2 rings (SSSR count). The second-order valence-electron chi connectivity index (χ2n) is 5.67. The van der Waals surface area contributed by atoms with Gasteiger partial charge in [-0.05, 0) is 36.9 Å². The van der Waals surface area contributed by atoms with E-state index in [0.29, 0.717) is 31.6 Å². The molecular formula is C14H18F3N3O2. The molecule has 1 aromatic carbocycles. The predicted molar refractivity (Wildman–Crippen MR) is 76.6 cm³/mol. The summed E-state index contributed by atoms with van der Waals surface area (Å²) >= 11 is 0. The van der Waals surface area contributed by atoms with E-state index in [1.807, 2.05) is 0 Å². The lowest BCUT2D eigenvalue weighted by Crippen LogP contribution is -2.42. The molecule has 0 spiro atoms. The largest absolute Gasteiger partial charge is 0.416 e. The highest BCUT2D eigenvalue weighted by Crippen LogP contribution is 2.38. The SMILES string of the molecule is CC1CCN(c2ccc(C(F)(F)F)cc2[N+](=O)[O-])CC1CN. The molecule has 1 fully saturated rings. The summed E-state index contributed by atoms with van der Waals surface area (Å²) in [5.41, 5.74) is 4.40. The molecule has 0 radical (unpaired) electrons. The van der Waals surface area contributed by atoms with Crippen molar-refractivity contribution in [2.75, 3.05) is 24.5 Å². The molecule has 0 aromatic heterocycles. The molecule has 1 heterocycles. The number of nitro benzene ring substituents is 1. The molecule has 0 saturated carbocycles. The summed E-state index contributed by atoms with van der Waals surface area (Å²) < 4.78 is 38.2. The lowest BCUT2D eigenvalue weighted by Gasteiger charge is -2.37. The van der Waals surface area contributed by atoms with Gasteiger partial charge < -0.3 is 10.6 Å². The van der Waals surface area contributed by atoms with E-state index in [1.54, 1.807) is 4.90 Å². The Hall–Kier alpha value is -1.83. The maximum Gasteiger partial charge on any atom is 0.416 e. The number of piperidine rings is 1. The summed E-state index contributed by atoms with van der Waals surface area (Å²) in [6.07, 6.45) is -3.79. The second-order valence-corrected chi connectivity index (χ2v) is 5.67. The van der Waals surface area contributed by atoms with Crippen LogP contribution in [0.25, 0.3) is 0 Å². The van der Waals surface area contributed by atoms with Crippen LogP contribution >= 0.6 is 0 Å². The van der Waals surface area contributed by atoms with Gasteiger partial charge >= 0.3 is 6.18 Å². The van der Waals surface area contributed by atoms with Crippen LogP contribution in [0.3, 0.4) is 0 Å². The number of hydrogen-bond acceptors (Lipinski definition) is 4. The standard InChI is InChI=1S/C14H18F3N3O2/c1-9-4-5-19(8-10(9)7-18)12-3-2-11(14(15,16)17)6-13(12)20(21)22/h2-3,6,9-10H,4-5,7-8,18H2,1H3. The summed E-state index contributed by atoms with van der Waals surface area (Å²) in [5, 5.41) is 11.1. The summed E-state index contributed by atoms with van der Waals surface area (Å²) in [7, 11) is 0. The minimum atomic E-state index is -4.60. The number of alkyl halides is 3. The van der Waals surface area contributed by atoms with E-state index >= 15 is 0 Å². The average molecular weight is 317 g/mol. The van der Waals surface area contributed by atoms with Crippen molar-refractivity contribution in [1.82, 2.24) is 0 Å². The molecule has 1 aromatic rings. The molecule has 2 N–H and O–H groups in total. The summed E-state index contributed by atoms with van der Waals surface area (Å²) in [4.78, 5) is 12.1. The van der Waals surface area contributed by atoms with Crippen molar-refractivity contribution in [3.8, 4) is 0 Å². The van der Waals surface area contributed by atoms with Gasteiger partial charge in [0.15, 0.2) is 0 Å². The van der Waals surface area contributed by atoms with Gasteiger partial charge in [-0.15, -0.1) is 0 Å². The van der Waals surface area contributed by atoms with E-state index in [0.717, 1.165) is 12.5 Å². The Morgan fingerprint density at radius 3 is 2.68 bits per heavy atom. The Morgan fingerprint density at radius 1 is 1.45 bits per heavy atom. The van der Waals surface area contributed by atoms with E-state index in [9.17, 15) is 23.3 Å². The van der Waals surface area contributed by atoms with Crippen LogP contribution in [0.1, 0.15) is 18.9 Å². The monoisotopic (exact) mass is 317 g/mol. The van der Waals surface area contributed by atoms with Crippen LogP contribution < -0.4 is 10.6 Å². The minimum absolute atomic E-state index is 0.177. The summed E-state index contributed by atoms with van der Waals surface area (Å²) in [6, 6.07) is 2.67. The van der Waals surface area contributed by atoms with Crippen molar-refractivity contribution in [2.24, 2.45) is 17.6 Å². The highest BCUT2D eigenvalue weighted by Gasteiger charge is 2.35. The van der Waals surface area contributed by atoms with Crippen molar-refractivity contribution >= 4 is 11.4 Å². The zero-order valence-corrected chi connectivity index (χ0v) is 12.1. The van der Waals surface area contributed by atoms with Gasteiger partial charge in [0.1, 0.15) is 5.69 Å². The first-order chi connectivity index (χ1) is 10.2. The molecule has 1 saturated heterocycles. The fourth-order valence-corrected chi connectivity index (χ4v) is 2.79. The highest BCUT2D eigenvalue weighted by atomic mass is 19.4. The lowest BCUT2D eigenvalue weighted by atomic mass is 9.87. The van der Waals surface area contributed by atoms with Crippen molar-refractivity contribution < 1.29 is 18.1 Å². The number of anilines is 1. The lowest BCUT2D eigenvalue weighted by molar-refractivity contribution is -0.384. The Kier molecular flexibility index (Phi) is 4.60. The highest BCUT2D eigenvalue weighted by molar-refractivity contribution is 5.65. The predicted octanol–water partition coefficient (Wildman–Crippen LogP) is 3.03. The van der Waals surface area contributed by atoms with Gasteiger partial charge in [-0.25, -0.2) is 0 Å². The number of rotatable bonds is 3. The minimum Gasteiger partial charge on any atom is -0.366 e. The normalized spacial score (nSPS) is 22.7. The van der Waals surface area contributed by atoms with Crippen molar-refractivity contribution in [3.05, 3.63) is 33.9 Å². The molecule has 1 aliphatic rings. The molecule has 2 atom stereocenters. The molecule has 5 nitrogen and oxygen atoms in total. The van der Waals surface area contributed by atoms with Gasteiger partial charge in [-0.2, -0.15) is 13.2 Å². The zero-order valence-electron chi connectivity index (χ0n) is 12.1. The maximum atomic E-state index is 12.7. The van der Waals surface area contributed by atoms with Crippen LogP contribution in [0.2, 0.25) is 0 Å². The molecule has 1 aliphatic heterocycles. The molecule has 0 amide bonds. The number of hydrogen-bond donors (Lipinski definition) is 1. The first kappa shape index (κ1) is 16.5. The van der Waals surface area contributed by atoms with Gasteiger partial charge in [0.25, 0.3) is 5.69 Å². The number of halogens is 3. The molecular weight excluding hydrogens is 299 g/mol. The van der Waals surface area contributed by atoms with E-state index in [-0.39, 0.29) is 11.6 Å². The van der Waals surface area contributed by atoms with Crippen LogP contribution in [0.15, 0.2) is 18.2 Å². The third-order valence-corrected chi connectivity index (χ3v) is 4.26. The van der Waals surface area contributed by atoms with E-state index in [1.165, 1.54) is 6.07 Å². The van der Waals surface area contributed by atoms with Crippen molar-refractivity contribution in [3.63, 3.8) is 0 Å². The Bertz CT molecular complexity index is 563. The van der Waals surface area contributed by atoms with Gasteiger partial charge in [0, 0.05) is 19.2 Å². The van der Waals surface area contributed by atoms with E-state index in [4.69, 9.17) is 5.73 Å². The molecule has 0 bridgehead atoms. The third-order valence-electron chi connectivity index (χ3n) is 4.26. The zero-order chi connectivity index (χ0) is 16.5. The quantitative estimate of drug-likeness (QED) is 0.687. The van der Waals surface area contributed by atoms with Crippen LogP contribution in [0.4, 0.5) is 24.5 Å². The van der Waals surface area contributed by atoms with Crippen LogP contribution in [-0.4, -0.2) is 24.6 Å². The summed E-state index contributed by atoms with van der Waals surface area (Å²) in [5.74, 6) is 0.574. The second kappa shape index (κ2) is 6.12. The maximum absolute atomic E-state index is 12.7. The van der Waals surface area contributed by atoms with Crippen LogP contribution in [-0.2, 0) is 6.18 Å². The molecule has 2 unspecified atom stereocenters.